The van der Waals surface area contributed by atoms with Crippen molar-refractivity contribution in [3.05, 3.63) is 11.6 Å². The van der Waals surface area contributed by atoms with Crippen LogP contribution in [0.25, 0.3) is 0 Å². The summed E-state index contributed by atoms with van der Waals surface area (Å²) in [6.07, 6.45) is 1.02. The molecule has 0 saturated carbocycles. The van der Waals surface area contributed by atoms with Crippen LogP contribution in [0.15, 0.2) is 4.99 Å². The molecular weight excluding hydrogens is 513 g/mol. The van der Waals surface area contributed by atoms with E-state index < -0.39 is 0 Å². The first-order chi connectivity index (χ1) is 14.5. The summed E-state index contributed by atoms with van der Waals surface area (Å²) in [6.45, 7) is 11.3. The summed E-state index contributed by atoms with van der Waals surface area (Å²) in [5.74, 6) is 2.43. The number of methoxy groups -OCH3 is 1. The van der Waals surface area contributed by atoms with Gasteiger partial charge in [-0.05, 0) is 25.8 Å². The SMILES string of the molecule is COC(=O)C1CN(C(=NCc2nnc(C)n2C)NCCCN2CCOCC2)CC1C.I. The maximum absolute atomic E-state index is 12.1. The number of esters is 1. The minimum absolute atomic E-state index is 0. The second-order valence-corrected chi connectivity index (χ2v) is 8.11. The Labute approximate surface area is 201 Å². The molecule has 0 spiro atoms. The molecule has 2 atom stereocenters. The van der Waals surface area contributed by atoms with Crippen LogP contribution in [0.3, 0.4) is 0 Å². The molecule has 1 N–H and O–H groups in total. The molecule has 11 heteroatoms. The highest BCUT2D eigenvalue weighted by atomic mass is 127. The Morgan fingerprint density at radius 1 is 1.29 bits per heavy atom. The number of hydrogen-bond donors (Lipinski definition) is 1. The fourth-order valence-electron chi connectivity index (χ4n) is 3.93. The van der Waals surface area contributed by atoms with Crippen molar-refractivity contribution in [2.45, 2.75) is 26.8 Å². The van der Waals surface area contributed by atoms with E-state index in [2.05, 4.69) is 32.2 Å². The number of carbonyl (C=O) groups excluding carboxylic acids is 1. The van der Waals surface area contributed by atoms with Gasteiger partial charge in [-0.25, -0.2) is 4.99 Å². The standard InChI is InChI=1S/C20H35N7O3.HI/c1-15-13-27(14-17(15)19(28)29-4)20(22-12-18-24-23-16(2)25(18)3)21-6-5-7-26-8-10-30-11-9-26;/h15,17H,5-14H2,1-4H3,(H,21,22);1H. The predicted molar refractivity (Wildman–Crippen MR) is 128 cm³/mol. The molecule has 0 amide bonds. The Balaban J connectivity index is 0.00000341. The van der Waals surface area contributed by atoms with Gasteiger partial charge in [0.05, 0.1) is 26.2 Å². The van der Waals surface area contributed by atoms with Crippen molar-refractivity contribution in [3.63, 3.8) is 0 Å². The lowest BCUT2D eigenvalue weighted by Gasteiger charge is -2.27. The van der Waals surface area contributed by atoms with Gasteiger partial charge < -0.3 is 24.3 Å². The van der Waals surface area contributed by atoms with Gasteiger partial charge in [-0.3, -0.25) is 9.69 Å². The van der Waals surface area contributed by atoms with E-state index in [-0.39, 0.29) is 41.8 Å². The number of ether oxygens (including phenoxy) is 2. The van der Waals surface area contributed by atoms with Crippen molar-refractivity contribution in [1.82, 2.24) is 29.9 Å². The number of halogens is 1. The van der Waals surface area contributed by atoms with E-state index >= 15 is 0 Å². The van der Waals surface area contributed by atoms with Gasteiger partial charge in [0.2, 0.25) is 0 Å². The highest BCUT2D eigenvalue weighted by Crippen LogP contribution is 2.24. The van der Waals surface area contributed by atoms with Gasteiger partial charge in [0, 0.05) is 39.8 Å². The van der Waals surface area contributed by atoms with Crippen molar-refractivity contribution in [2.24, 2.45) is 23.9 Å². The highest BCUT2D eigenvalue weighted by molar-refractivity contribution is 14.0. The molecule has 0 aromatic carbocycles. The topological polar surface area (TPSA) is 97.1 Å². The molecule has 176 valence electrons. The van der Waals surface area contributed by atoms with Crippen LogP contribution < -0.4 is 5.32 Å². The Hall–Kier alpha value is -1.47. The van der Waals surface area contributed by atoms with Gasteiger partial charge in [0.15, 0.2) is 11.8 Å². The largest absolute Gasteiger partial charge is 0.469 e. The molecule has 31 heavy (non-hydrogen) atoms. The molecule has 3 heterocycles. The third-order valence-electron chi connectivity index (χ3n) is 6.01. The Morgan fingerprint density at radius 3 is 2.68 bits per heavy atom. The number of likely N-dealkylation sites (tertiary alicyclic amines) is 1. The number of aryl methyl sites for hydroxylation is 1. The predicted octanol–water partition coefficient (Wildman–Crippen LogP) is 0.650. The number of morpholine rings is 1. The van der Waals surface area contributed by atoms with Crippen LogP contribution in [-0.4, -0.2) is 96.1 Å². The van der Waals surface area contributed by atoms with Gasteiger partial charge in [0.25, 0.3) is 0 Å². The average Bonchev–Trinajstić information content (AvgIpc) is 3.30. The second-order valence-electron chi connectivity index (χ2n) is 8.11. The number of nitrogens with zero attached hydrogens (tertiary/aromatic N) is 6. The second kappa shape index (κ2) is 12.5. The zero-order valence-electron chi connectivity index (χ0n) is 19.0. The lowest BCUT2D eigenvalue weighted by molar-refractivity contribution is -0.145. The summed E-state index contributed by atoms with van der Waals surface area (Å²) < 4.78 is 12.3. The van der Waals surface area contributed by atoms with Crippen LogP contribution in [0.1, 0.15) is 25.0 Å². The third-order valence-corrected chi connectivity index (χ3v) is 6.01. The Bertz CT molecular complexity index is 736. The fourth-order valence-corrected chi connectivity index (χ4v) is 3.93. The maximum Gasteiger partial charge on any atom is 0.310 e. The molecule has 0 aliphatic carbocycles. The highest BCUT2D eigenvalue weighted by Gasteiger charge is 2.37. The Morgan fingerprint density at radius 2 is 2.03 bits per heavy atom. The maximum atomic E-state index is 12.1. The first-order valence-electron chi connectivity index (χ1n) is 10.8. The van der Waals surface area contributed by atoms with Crippen molar-refractivity contribution in [3.8, 4) is 0 Å². The van der Waals surface area contributed by atoms with E-state index in [9.17, 15) is 4.79 Å². The van der Waals surface area contributed by atoms with Gasteiger partial charge in [0.1, 0.15) is 12.4 Å². The van der Waals surface area contributed by atoms with Crippen molar-refractivity contribution in [2.75, 3.05) is 59.6 Å². The monoisotopic (exact) mass is 549 g/mol. The fraction of sp³-hybridized carbons (Fsp3) is 0.800. The normalized spacial score (nSPS) is 22.3. The molecule has 10 nitrogen and oxygen atoms in total. The number of nitrogens with one attached hydrogen (secondary N) is 1. The van der Waals surface area contributed by atoms with E-state index in [0.29, 0.717) is 13.1 Å². The van der Waals surface area contributed by atoms with Gasteiger partial charge in [-0.15, -0.1) is 34.2 Å². The summed E-state index contributed by atoms with van der Waals surface area (Å²) in [7, 11) is 3.40. The van der Waals surface area contributed by atoms with Crippen LogP contribution in [0.5, 0.6) is 0 Å². The third kappa shape index (κ3) is 7.01. The van der Waals surface area contributed by atoms with Crippen LogP contribution in [0, 0.1) is 18.8 Å². The number of aliphatic imine (C=N–C) groups is 1. The molecule has 3 rings (SSSR count). The molecule has 2 unspecified atom stereocenters. The molecule has 0 bridgehead atoms. The molecule has 0 radical (unpaired) electrons. The number of carbonyl (C=O) groups is 1. The molecule has 2 fully saturated rings. The molecule has 2 saturated heterocycles. The number of hydrogen-bond acceptors (Lipinski definition) is 7. The summed E-state index contributed by atoms with van der Waals surface area (Å²) in [5.41, 5.74) is 0. The first-order valence-corrected chi connectivity index (χ1v) is 10.8. The summed E-state index contributed by atoms with van der Waals surface area (Å²) >= 11 is 0. The molecule has 1 aromatic rings. The minimum atomic E-state index is -0.152. The van der Waals surface area contributed by atoms with Crippen LogP contribution in [0.2, 0.25) is 0 Å². The van der Waals surface area contributed by atoms with E-state index in [4.69, 9.17) is 14.5 Å². The summed E-state index contributed by atoms with van der Waals surface area (Å²) in [5, 5.41) is 11.8. The van der Waals surface area contributed by atoms with Crippen LogP contribution >= 0.6 is 24.0 Å². The first kappa shape index (κ1) is 25.8. The molecule has 2 aliphatic rings. The number of guanidine groups is 1. The zero-order valence-corrected chi connectivity index (χ0v) is 21.4. The smallest absolute Gasteiger partial charge is 0.310 e. The lowest BCUT2D eigenvalue weighted by atomic mass is 9.99. The summed E-state index contributed by atoms with van der Waals surface area (Å²) in [6, 6.07) is 0. The number of rotatable bonds is 7. The van der Waals surface area contributed by atoms with E-state index in [1.54, 1.807) is 0 Å². The molecule has 2 aliphatic heterocycles. The number of aromatic nitrogens is 3. The van der Waals surface area contributed by atoms with E-state index in [1.807, 2.05) is 18.5 Å². The van der Waals surface area contributed by atoms with Gasteiger partial charge >= 0.3 is 5.97 Å². The van der Waals surface area contributed by atoms with Gasteiger partial charge in [-0.1, -0.05) is 6.92 Å². The van der Waals surface area contributed by atoms with E-state index in [0.717, 1.165) is 70.0 Å². The summed E-state index contributed by atoms with van der Waals surface area (Å²) in [4.78, 5) is 21.5. The molecular formula is C20H36IN7O3. The van der Waals surface area contributed by atoms with Crippen molar-refractivity contribution < 1.29 is 14.3 Å². The average molecular weight is 549 g/mol. The quantitative estimate of drug-likeness (QED) is 0.174. The van der Waals surface area contributed by atoms with Crippen molar-refractivity contribution in [1.29, 1.82) is 0 Å². The van der Waals surface area contributed by atoms with Crippen LogP contribution in [0.4, 0.5) is 0 Å². The van der Waals surface area contributed by atoms with E-state index in [1.165, 1.54) is 7.11 Å². The zero-order chi connectivity index (χ0) is 21.5. The van der Waals surface area contributed by atoms with Gasteiger partial charge in [-0.2, -0.15) is 0 Å². The lowest BCUT2D eigenvalue weighted by Crippen LogP contribution is -2.42. The van der Waals surface area contributed by atoms with Crippen molar-refractivity contribution >= 4 is 35.9 Å². The molecule has 1 aromatic heterocycles. The Kier molecular flexibility index (Phi) is 10.4. The van der Waals surface area contributed by atoms with Crippen LogP contribution in [-0.2, 0) is 27.9 Å². The minimum Gasteiger partial charge on any atom is -0.469 e.